The summed E-state index contributed by atoms with van der Waals surface area (Å²) in [5, 5.41) is 3.92. The predicted octanol–water partition coefficient (Wildman–Crippen LogP) is 3.85. The third-order valence-electron chi connectivity index (χ3n) is 3.50. The van der Waals surface area contributed by atoms with Crippen LogP contribution in [0.4, 0.5) is 0 Å². The van der Waals surface area contributed by atoms with Crippen molar-refractivity contribution in [2.75, 3.05) is 6.54 Å². The van der Waals surface area contributed by atoms with Crippen LogP contribution in [0.3, 0.4) is 0 Å². The smallest absolute Gasteiger partial charge is 0.193 e. The van der Waals surface area contributed by atoms with Crippen molar-refractivity contribution in [3.63, 3.8) is 0 Å². The molecule has 0 aliphatic heterocycles. The molecule has 0 spiro atoms. The van der Waals surface area contributed by atoms with Crippen molar-refractivity contribution >= 4 is 11.6 Å². The van der Waals surface area contributed by atoms with E-state index in [2.05, 4.69) is 12.2 Å². The van der Waals surface area contributed by atoms with Crippen molar-refractivity contribution in [3.8, 4) is 0 Å². The third kappa shape index (κ3) is 3.53. The Morgan fingerprint density at radius 3 is 2.69 bits per heavy atom. The standard InChI is InChI=1S/C13H20ClNO/c1-10-2-4-11(5-3-10)8-15-9-12-6-7-13(14)16-12/h6-7,10-11,15H,2-5,8-9H2,1H3. The lowest BCUT2D eigenvalue weighted by Gasteiger charge is -2.26. The fourth-order valence-corrected chi connectivity index (χ4v) is 2.54. The first-order valence-corrected chi connectivity index (χ1v) is 6.57. The summed E-state index contributed by atoms with van der Waals surface area (Å²) in [5.74, 6) is 2.70. The van der Waals surface area contributed by atoms with Crippen molar-refractivity contribution in [3.05, 3.63) is 23.1 Å². The monoisotopic (exact) mass is 241 g/mol. The number of furan rings is 1. The Labute approximate surface area is 102 Å². The molecule has 3 heteroatoms. The van der Waals surface area contributed by atoms with E-state index in [1.807, 2.05) is 6.07 Å². The zero-order valence-electron chi connectivity index (χ0n) is 9.84. The molecule has 0 bridgehead atoms. The summed E-state index contributed by atoms with van der Waals surface area (Å²) in [5.41, 5.74) is 0. The summed E-state index contributed by atoms with van der Waals surface area (Å²) >= 11 is 5.71. The van der Waals surface area contributed by atoms with Crippen molar-refractivity contribution < 1.29 is 4.42 Å². The van der Waals surface area contributed by atoms with E-state index >= 15 is 0 Å². The van der Waals surface area contributed by atoms with Gasteiger partial charge in [0.2, 0.25) is 0 Å². The second-order valence-corrected chi connectivity index (χ2v) is 5.34. The van der Waals surface area contributed by atoms with Crippen LogP contribution in [0.25, 0.3) is 0 Å². The largest absolute Gasteiger partial charge is 0.448 e. The third-order valence-corrected chi connectivity index (χ3v) is 3.70. The molecule has 2 nitrogen and oxygen atoms in total. The van der Waals surface area contributed by atoms with Crippen LogP contribution in [0.2, 0.25) is 5.22 Å². The molecule has 1 aliphatic rings. The van der Waals surface area contributed by atoms with Crippen LogP contribution in [-0.4, -0.2) is 6.54 Å². The molecule has 1 aliphatic carbocycles. The maximum atomic E-state index is 5.71. The van der Waals surface area contributed by atoms with Crippen LogP contribution in [0, 0.1) is 11.8 Å². The van der Waals surface area contributed by atoms with E-state index in [4.69, 9.17) is 16.0 Å². The lowest BCUT2D eigenvalue weighted by Crippen LogP contribution is -2.25. The first-order valence-electron chi connectivity index (χ1n) is 6.19. The second-order valence-electron chi connectivity index (χ2n) is 4.96. The molecule has 0 unspecified atom stereocenters. The van der Waals surface area contributed by atoms with Crippen LogP contribution in [-0.2, 0) is 6.54 Å². The van der Waals surface area contributed by atoms with E-state index in [1.165, 1.54) is 25.7 Å². The van der Waals surface area contributed by atoms with Gasteiger partial charge in [-0.15, -0.1) is 0 Å². The quantitative estimate of drug-likeness (QED) is 0.866. The van der Waals surface area contributed by atoms with Crippen molar-refractivity contribution in [1.29, 1.82) is 0 Å². The molecule has 2 rings (SSSR count). The molecular formula is C13H20ClNO. The number of halogens is 1. The highest BCUT2D eigenvalue weighted by atomic mass is 35.5. The minimum atomic E-state index is 0.475. The Morgan fingerprint density at radius 1 is 1.31 bits per heavy atom. The van der Waals surface area contributed by atoms with Gasteiger partial charge in [0.1, 0.15) is 5.76 Å². The molecule has 1 heterocycles. The van der Waals surface area contributed by atoms with Crippen LogP contribution in [0.15, 0.2) is 16.5 Å². The van der Waals surface area contributed by atoms with Gasteiger partial charge in [-0.05, 0) is 55.0 Å². The van der Waals surface area contributed by atoms with Gasteiger partial charge in [0.05, 0.1) is 6.54 Å². The molecule has 0 atom stereocenters. The van der Waals surface area contributed by atoms with Gasteiger partial charge in [-0.1, -0.05) is 19.8 Å². The Morgan fingerprint density at radius 2 is 2.06 bits per heavy atom. The molecule has 0 radical (unpaired) electrons. The Bertz CT molecular complexity index is 315. The summed E-state index contributed by atoms with van der Waals surface area (Å²) in [6, 6.07) is 3.72. The van der Waals surface area contributed by atoms with Crippen LogP contribution in [0.5, 0.6) is 0 Å². The first kappa shape index (κ1) is 12.0. The molecule has 0 saturated heterocycles. The summed E-state index contributed by atoms with van der Waals surface area (Å²) in [4.78, 5) is 0. The van der Waals surface area contributed by atoms with Crippen molar-refractivity contribution in [2.45, 2.75) is 39.2 Å². The summed E-state index contributed by atoms with van der Waals surface area (Å²) in [6.45, 7) is 4.25. The van der Waals surface area contributed by atoms with Gasteiger partial charge in [0, 0.05) is 0 Å². The van der Waals surface area contributed by atoms with Gasteiger partial charge >= 0.3 is 0 Å². The average molecular weight is 242 g/mol. The highest BCUT2D eigenvalue weighted by Crippen LogP contribution is 2.27. The molecule has 90 valence electrons. The minimum absolute atomic E-state index is 0.475. The SMILES string of the molecule is CC1CCC(CNCc2ccc(Cl)o2)CC1. The molecule has 16 heavy (non-hydrogen) atoms. The van der Waals surface area contributed by atoms with Crippen LogP contribution < -0.4 is 5.32 Å². The maximum absolute atomic E-state index is 5.71. The number of hydrogen-bond donors (Lipinski definition) is 1. The maximum Gasteiger partial charge on any atom is 0.193 e. The zero-order valence-corrected chi connectivity index (χ0v) is 10.6. The molecule has 1 fully saturated rings. The second kappa shape index (κ2) is 5.74. The Balaban J connectivity index is 1.64. The zero-order chi connectivity index (χ0) is 11.4. The van der Waals surface area contributed by atoms with E-state index in [-0.39, 0.29) is 0 Å². The lowest BCUT2D eigenvalue weighted by atomic mass is 9.83. The Hall–Kier alpha value is -0.470. The van der Waals surface area contributed by atoms with E-state index in [9.17, 15) is 0 Å². The van der Waals surface area contributed by atoms with E-state index in [0.29, 0.717) is 5.22 Å². The van der Waals surface area contributed by atoms with E-state index in [1.54, 1.807) is 6.07 Å². The predicted molar refractivity (Wildman–Crippen MR) is 66.5 cm³/mol. The van der Waals surface area contributed by atoms with Crippen LogP contribution in [0.1, 0.15) is 38.4 Å². The minimum Gasteiger partial charge on any atom is -0.448 e. The lowest BCUT2D eigenvalue weighted by molar-refractivity contribution is 0.279. The van der Waals surface area contributed by atoms with Gasteiger partial charge in [0.15, 0.2) is 5.22 Å². The highest BCUT2D eigenvalue weighted by molar-refractivity contribution is 6.28. The molecule has 1 aromatic rings. The molecular weight excluding hydrogens is 222 g/mol. The van der Waals surface area contributed by atoms with Gasteiger partial charge < -0.3 is 9.73 Å². The average Bonchev–Trinajstić information content (AvgIpc) is 2.67. The Kier molecular flexibility index (Phi) is 4.30. The molecule has 0 amide bonds. The molecule has 1 saturated carbocycles. The van der Waals surface area contributed by atoms with Crippen LogP contribution >= 0.6 is 11.6 Å². The number of hydrogen-bond acceptors (Lipinski definition) is 2. The summed E-state index contributed by atoms with van der Waals surface area (Å²) in [6.07, 6.45) is 5.51. The number of nitrogens with one attached hydrogen (secondary N) is 1. The fraction of sp³-hybridized carbons (Fsp3) is 0.692. The van der Waals surface area contributed by atoms with Crippen molar-refractivity contribution in [2.24, 2.45) is 11.8 Å². The topological polar surface area (TPSA) is 25.2 Å². The molecule has 0 aromatic carbocycles. The fourth-order valence-electron chi connectivity index (χ4n) is 2.38. The van der Waals surface area contributed by atoms with E-state index < -0.39 is 0 Å². The van der Waals surface area contributed by atoms with Gasteiger partial charge in [-0.25, -0.2) is 0 Å². The van der Waals surface area contributed by atoms with Gasteiger partial charge in [-0.3, -0.25) is 0 Å². The van der Waals surface area contributed by atoms with Gasteiger partial charge in [-0.2, -0.15) is 0 Å². The molecule has 1 N–H and O–H groups in total. The highest BCUT2D eigenvalue weighted by Gasteiger charge is 2.17. The molecule has 1 aromatic heterocycles. The normalized spacial score (nSPS) is 25.9. The summed E-state index contributed by atoms with van der Waals surface area (Å²) < 4.78 is 5.29. The first-order chi connectivity index (χ1) is 7.74. The summed E-state index contributed by atoms with van der Waals surface area (Å²) in [7, 11) is 0. The van der Waals surface area contributed by atoms with E-state index in [0.717, 1.165) is 30.7 Å². The van der Waals surface area contributed by atoms with Crippen molar-refractivity contribution in [1.82, 2.24) is 5.32 Å². The number of rotatable bonds is 4. The van der Waals surface area contributed by atoms with Gasteiger partial charge in [0.25, 0.3) is 0 Å².